The molecule has 0 saturated heterocycles. The molecule has 3 rings (SSSR count). The molecule has 0 aliphatic carbocycles. The number of nitrogens with zero attached hydrogens (tertiary/aromatic N) is 2. The highest BCUT2D eigenvalue weighted by molar-refractivity contribution is 14.1. The minimum Gasteiger partial charge on any atom is -0.733 e. The van der Waals surface area contributed by atoms with E-state index in [-0.39, 0.29) is 10.9 Å². The van der Waals surface area contributed by atoms with Crippen LogP contribution in [0.15, 0.2) is 48.8 Å². The van der Waals surface area contributed by atoms with Gasteiger partial charge in [-0.25, -0.2) is 0 Å². The monoisotopic (exact) mass is 393 g/mol. The lowest BCUT2D eigenvalue weighted by molar-refractivity contribution is 0.296. The summed E-state index contributed by atoms with van der Waals surface area (Å²) < 4.78 is 2.80. The number of aryl methyl sites for hydroxylation is 1. The van der Waals surface area contributed by atoms with Crippen LogP contribution < -0.4 is 5.23 Å². The molecular weight excluding hydrogens is 379 g/mol. The maximum Gasteiger partial charge on any atom is 0.0648 e. The van der Waals surface area contributed by atoms with Crippen molar-refractivity contribution in [2.45, 2.75) is 13.3 Å². The van der Waals surface area contributed by atoms with E-state index in [4.69, 9.17) is 5.21 Å². The Morgan fingerprint density at radius 2 is 1.95 bits per heavy atom. The van der Waals surface area contributed by atoms with Crippen LogP contribution in [-0.2, 0) is 6.42 Å². The third kappa shape index (κ3) is 2.76. The number of rotatable bonds is 3. The molecule has 0 amide bonds. The summed E-state index contributed by atoms with van der Waals surface area (Å²) in [6.45, 7) is 2.13. The molecule has 4 nitrogen and oxygen atoms in total. The molecule has 5 heteroatoms. The first-order chi connectivity index (χ1) is 10.1. The summed E-state index contributed by atoms with van der Waals surface area (Å²) in [6.07, 6.45) is 5.14. The van der Waals surface area contributed by atoms with Crippen molar-refractivity contribution in [3.63, 3.8) is 0 Å². The molecule has 0 aliphatic rings. The number of hydrogen-bond donors (Lipinski definition) is 1. The largest absolute Gasteiger partial charge is 0.733 e. The van der Waals surface area contributed by atoms with Gasteiger partial charge in [-0.3, -0.25) is 5.21 Å². The Morgan fingerprint density at radius 1 is 1.14 bits per heavy atom. The molecule has 2 aromatic heterocycles. The fourth-order valence-electron chi connectivity index (χ4n) is 2.36. The quantitative estimate of drug-likeness (QED) is 0.528. The van der Waals surface area contributed by atoms with Crippen LogP contribution in [0.4, 0.5) is 5.69 Å². The Balaban J connectivity index is 2.09. The highest BCUT2D eigenvalue weighted by atomic mass is 127. The van der Waals surface area contributed by atoms with E-state index in [2.05, 4.69) is 35.7 Å². The number of fused-ring (bicyclic) bond motifs is 1. The lowest BCUT2D eigenvalue weighted by Gasteiger charge is -2.23. The lowest BCUT2D eigenvalue weighted by atomic mass is 10.1. The summed E-state index contributed by atoms with van der Waals surface area (Å²) in [7, 11) is 0. The zero-order valence-corrected chi connectivity index (χ0v) is 13.6. The minimum absolute atomic E-state index is 0.0870. The van der Waals surface area contributed by atoms with Gasteiger partial charge in [0.25, 0.3) is 0 Å². The molecule has 0 bridgehead atoms. The Morgan fingerprint density at radius 3 is 2.67 bits per heavy atom. The Labute approximate surface area is 136 Å². The Kier molecular flexibility index (Phi) is 3.88. The van der Waals surface area contributed by atoms with Gasteiger partial charge < -0.3 is 14.8 Å². The minimum atomic E-state index is -0.0870. The predicted octanol–water partition coefficient (Wildman–Crippen LogP) is 4.47. The molecule has 0 aliphatic heterocycles. The molecule has 21 heavy (non-hydrogen) atoms. The van der Waals surface area contributed by atoms with Crippen molar-refractivity contribution in [3.05, 3.63) is 63.1 Å². The molecule has 3 aromatic rings. The van der Waals surface area contributed by atoms with E-state index in [1.54, 1.807) is 6.07 Å². The average molecular weight is 393 g/mol. The smallest absolute Gasteiger partial charge is 0.0648 e. The second-order valence-corrected chi connectivity index (χ2v) is 6.05. The van der Waals surface area contributed by atoms with Crippen LogP contribution in [0.1, 0.15) is 12.5 Å². The second kappa shape index (κ2) is 5.67. The van der Waals surface area contributed by atoms with Crippen LogP contribution >= 0.6 is 22.6 Å². The lowest BCUT2D eigenvalue weighted by Crippen LogP contribution is -2.08. The molecule has 0 unspecified atom stereocenters. The number of hydrogen-bond acceptors (Lipinski definition) is 3. The van der Waals surface area contributed by atoms with Gasteiger partial charge in [0.2, 0.25) is 0 Å². The Bertz CT molecular complexity index is 796. The van der Waals surface area contributed by atoms with Gasteiger partial charge in [-0.1, -0.05) is 19.1 Å². The molecule has 108 valence electrons. The molecule has 0 radical (unpaired) electrons. The van der Waals surface area contributed by atoms with Gasteiger partial charge in [-0.2, -0.15) is 0 Å². The Hall–Kier alpha value is -1.57. The SMILES string of the molecule is CCc1ccc2cc(-c3ccc(I)c(N([O-])O)c3)cn2c1. The van der Waals surface area contributed by atoms with Crippen molar-refractivity contribution in [3.8, 4) is 11.1 Å². The topological polar surface area (TPSA) is 50.9 Å². The van der Waals surface area contributed by atoms with E-state index in [0.29, 0.717) is 3.57 Å². The summed E-state index contributed by atoms with van der Waals surface area (Å²) >= 11 is 2.03. The van der Waals surface area contributed by atoms with E-state index < -0.39 is 0 Å². The highest BCUT2D eigenvalue weighted by Gasteiger charge is 2.07. The van der Waals surface area contributed by atoms with E-state index >= 15 is 0 Å². The van der Waals surface area contributed by atoms with E-state index in [1.807, 2.05) is 40.9 Å². The molecule has 1 aromatic carbocycles. The van der Waals surface area contributed by atoms with Crippen molar-refractivity contribution < 1.29 is 5.21 Å². The molecule has 1 N–H and O–H groups in total. The first-order valence-corrected chi connectivity index (χ1v) is 7.73. The summed E-state index contributed by atoms with van der Waals surface area (Å²) in [6, 6.07) is 11.7. The van der Waals surface area contributed by atoms with Crippen LogP contribution in [0.3, 0.4) is 0 Å². The summed E-state index contributed by atoms with van der Waals surface area (Å²) in [4.78, 5) is 0. The number of aromatic nitrogens is 1. The van der Waals surface area contributed by atoms with E-state index in [9.17, 15) is 5.21 Å². The first-order valence-electron chi connectivity index (χ1n) is 6.65. The van der Waals surface area contributed by atoms with Crippen molar-refractivity contribution in [2.24, 2.45) is 0 Å². The number of benzene rings is 1. The van der Waals surface area contributed by atoms with Crippen LogP contribution in [0.2, 0.25) is 0 Å². The van der Waals surface area contributed by atoms with Gasteiger partial charge in [0.05, 0.1) is 5.69 Å². The third-order valence-electron chi connectivity index (χ3n) is 3.55. The molecule has 0 saturated carbocycles. The molecule has 0 atom stereocenters. The molecular formula is C16H14IN2O2-. The van der Waals surface area contributed by atoms with Gasteiger partial charge >= 0.3 is 0 Å². The van der Waals surface area contributed by atoms with E-state index in [1.165, 1.54) is 5.56 Å². The van der Waals surface area contributed by atoms with Crippen LogP contribution in [0.5, 0.6) is 0 Å². The van der Waals surface area contributed by atoms with Gasteiger partial charge in [0.15, 0.2) is 0 Å². The number of anilines is 1. The van der Waals surface area contributed by atoms with Gasteiger partial charge in [-0.15, -0.1) is 0 Å². The van der Waals surface area contributed by atoms with Crippen LogP contribution in [-0.4, -0.2) is 9.61 Å². The van der Waals surface area contributed by atoms with Crippen LogP contribution in [0.25, 0.3) is 16.6 Å². The summed E-state index contributed by atoms with van der Waals surface area (Å²) in [5.74, 6) is 0. The van der Waals surface area contributed by atoms with Crippen molar-refractivity contribution >= 4 is 33.8 Å². The van der Waals surface area contributed by atoms with Crippen molar-refractivity contribution in [2.75, 3.05) is 5.23 Å². The maximum atomic E-state index is 11.2. The van der Waals surface area contributed by atoms with Crippen LogP contribution in [0, 0.1) is 8.78 Å². The van der Waals surface area contributed by atoms with Crippen molar-refractivity contribution in [1.29, 1.82) is 0 Å². The molecule has 0 spiro atoms. The van der Waals surface area contributed by atoms with E-state index in [0.717, 1.165) is 23.1 Å². The van der Waals surface area contributed by atoms with Gasteiger partial charge in [0, 0.05) is 27.0 Å². The third-order valence-corrected chi connectivity index (χ3v) is 4.46. The summed E-state index contributed by atoms with van der Waals surface area (Å²) in [5, 5.41) is 20.2. The fraction of sp³-hybridized carbons (Fsp3) is 0.125. The highest BCUT2D eigenvalue weighted by Crippen LogP contribution is 2.29. The van der Waals surface area contributed by atoms with Gasteiger partial charge in [-0.05, 0) is 64.4 Å². The van der Waals surface area contributed by atoms with Gasteiger partial charge in [0.1, 0.15) is 0 Å². The average Bonchev–Trinajstić information content (AvgIpc) is 2.90. The number of halogens is 1. The second-order valence-electron chi connectivity index (χ2n) is 4.89. The number of pyridine rings is 1. The maximum absolute atomic E-state index is 11.2. The first kappa shape index (κ1) is 14.4. The standard InChI is InChI=1S/C16H14IN2O2/c1-2-11-3-5-14-7-13(10-18(14)9-11)12-4-6-15(17)16(8-12)19(20)21/h3-10,20H,2H2,1H3/q-1. The predicted molar refractivity (Wildman–Crippen MR) is 92.6 cm³/mol. The summed E-state index contributed by atoms with van der Waals surface area (Å²) in [5.41, 5.74) is 4.56. The van der Waals surface area contributed by atoms with Crippen molar-refractivity contribution in [1.82, 2.24) is 4.40 Å². The fourth-order valence-corrected chi connectivity index (χ4v) is 2.90. The zero-order chi connectivity index (χ0) is 15.0. The normalized spacial score (nSPS) is 11.0. The zero-order valence-electron chi connectivity index (χ0n) is 11.5. The molecule has 2 heterocycles. The molecule has 0 fully saturated rings.